The van der Waals surface area contributed by atoms with Gasteiger partial charge >= 0.3 is 7.60 Å². The van der Waals surface area contributed by atoms with E-state index >= 15 is 0 Å². The highest BCUT2D eigenvalue weighted by Crippen LogP contribution is 2.42. The Morgan fingerprint density at radius 2 is 2.00 bits per heavy atom. The standard InChI is InChI=1S/C9H19O4P/c1-4-5-6-7-9(10)8-13-14(3,11)12-2/h4-8H2,1-3H3. The van der Waals surface area contributed by atoms with Crippen LogP contribution in [0.2, 0.25) is 0 Å². The first kappa shape index (κ1) is 13.8. The minimum Gasteiger partial charge on any atom is -0.312 e. The average Bonchev–Trinajstić information content (AvgIpc) is 2.16. The number of ketones is 1. The normalized spacial score (nSPS) is 15.1. The van der Waals surface area contributed by atoms with Crippen molar-refractivity contribution in [3.05, 3.63) is 0 Å². The van der Waals surface area contributed by atoms with E-state index in [4.69, 9.17) is 4.52 Å². The molecule has 0 bridgehead atoms. The fourth-order valence-corrected chi connectivity index (χ4v) is 1.37. The molecule has 1 unspecified atom stereocenters. The average molecular weight is 222 g/mol. The van der Waals surface area contributed by atoms with Gasteiger partial charge in [0, 0.05) is 20.2 Å². The van der Waals surface area contributed by atoms with Crippen molar-refractivity contribution >= 4 is 13.4 Å². The van der Waals surface area contributed by atoms with E-state index in [1.54, 1.807) is 0 Å². The van der Waals surface area contributed by atoms with Gasteiger partial charge in [0.15, 0.2) is 5.78 Å². The molecule has 0 aromatic carbocycles. The van der Waals surface area contributed by atoms with Crippen LogP contribution < -0.4 is 0 Å². The molecule has 0 heterocycles. The van der Waals surface area contributed by atoms with Crippen molar-refractivity contribution in [1.29, 1.82) is 0 Å². The third kappa shape index (κ3) is 7.25. The minimum absolute atomic E-state index is 0.0161. The molecule has 0 aliphatic heterocycles. The Morgan fingerprint density at radius 1 is 1.36 bits per heavy atom. The fourth-order valence-electron chi connectivity index (χ4n) is 0.886. The molecule has 0 aliphatic carbocycles. The molecule has 0 spiro atoms. The molecule has 0 aliphatic rings. The molecule has 0 saturated carbocycles. The maximum Gasteiger partial charge on any atom is 0.327 e. The lowest BCUT2D eigenvalue weighted by Gasteiger charge is -2.09. The smallest absolute Gasteiger partial charge is 0.312 e. The molecule has 0 aromatic heterocycles. The van der Waals surface area contributed by atoms with Crippen LogP contribution in [0.25, 0.3) is 0 Å². The number of hydrogen-bond acceptors (Lipinski definition) is 4. The van der Waals surface area contributed by atoms with Gasteiger partial charge in [-0.1, -0.05) is 19.8 Å². The molecular weight excluding hydrogens is 203 g/mol. The highest BCUT2D eigenvalue weighted by Gasteiger charge is 2.15. The Labute approximate surface area is 85.5 Å². The molecule has 4 nitrogen and oxygen atoms in total. The lowest BCUT2D eigenvalue weighted by atomic mass is 10.1. The van der Waals surface area contributed by atoms with Crippen LogP contribution in [0.15, 0.2) is 0 Å². The summed E-state index contributed by atoms with van der Waals surface area (Å²) in [5.74, 6) is -0.0161. The van der Waals surface area contributed by atoms with E-state index in [1.807, 2.05) is 0 Å². The van der Waals surface area contributed by atoms with Crippen LogP contribution in [0.5, 0.6) is 0 Å². The Balaban J connectivity index is 3.59. The van der Waals surface area contributed by atoms with Crippen LogP contribution in [-0.4, -0.2) is 26.2 Å². The number of carbonyl (C=O) groups is 1. The maximum atomic E-state index is 11.2. The van der Waals surface area contributed by atoms with E-state index in [9.17, 15) is 9.36 Å². The SMILES string of the molecule is CCCCCC(=O)COP(C)(=O)OC. The van der Waals surface area contributed by atoms with Gasteiger partial charge in [-0.2, -0.15) is 0 Å². The van der Waals surface area contributed by atoms with E-state index in [0.29, 0.717) is 6.42 Å². The number of unbranched alkanes of at least 4 members (excludes halogenated alkanes) is 2. The summed E-state index contributed by atoms with van der Waals surface area (Å²) in [6.07, 6.45) is 3.50. The first-order valence-corrected chi connectivity index (χ1v) is 6.80. The van der Waals surface area contributed by atoms with Gasteiger partial charge in [0.05, 0.1) is 0 Å². The van der Waals surface area contributed by atoms with Gasteiger partial charge in [-0.25, -0.2) is 0 Å². The Morgan fingerprint density at radius 3 is 2.50 bits per heavy atom. The topological polar surface area (TPSA) is 52.6 Å². The van der Waals surface area contributed by atoms with Crippen molar-refractivity contribution in [2.45, 2.75) is 32.6 Å². The third-order valence-electron chi connectivity index (χ3n) is 1.85. The first-order chi connectivity index (χ1) is 6.52. The van der Waals surface area contributed by atoms with Crippen molar-refractivity contribution in [2.24, 2.45) is 0 Å². The summed E-state index contributed by atoms with van der Waals surface area (Å²) >= 11 is 0. The zero-order chi connectivity index (χ0) is 11.0. The zero-order valence-corrected chi connectivity index (χ0v) is 10.0. The largest absolute Gasteiger partial charge is 0.327 e. The van der Waals surface area contributed by atoms with Gasteiger partial charge in [-0.15, -0.1) is 0 Å². The molecule has 0 N–H and O–H groups in total. The molecule has 14 heavy (non-hydrogen) atoms. The summed E-state index contributed by atoms with van der Waals surface area (Å²) in [6, 6.07) is 0. The molecule has 0 saturated heterocycles. The van der Waals surface area contributed by atoms with E-state index in [2.05, 4.69) is 11.4 Å². The van der Waals surface area contributed by atoms with Crippen LogP contribution in [0, 0.1) is 0 Å². The lowest BCUT2D eigenvalue weighted by Crippen LogP contribution is -2.07. The number of hydrogen-bond donors (Lipinski definition) is 0. The Kier molecular flexibility index (Phi) is 7.06. The van der Waals surface area contributed by atoms with Crippen LogP contribution >= 0.6 is 7.60 Å². The van der Waals surface area contributed by atoms with Crippen molar-refractivity contribution in [1.82, 2.24) is 0 Å². The molecule has 5 heteroatoms. The summed E-state index contributed by atoms with van der Waals surface area (Å²) in [5, 5.41) is 0. The molecule has 0 fully saturated rings. The highest BCUT2D eigenvalue weighted by molar-refractivity contribution is 7.52. The summed E-state index contributed by atoms with van der Waals surface area (Å²) in [4.78, 5) is 11.2. The third-order valence-corrected chi connectivity index (χ3v) is 3.11. The minimum atomic E-state index is -2.99. The quantitative estimate of drug-likeness (QED) is 0.468. The summed E-state index contributed by atoms with van der Waals surface area (Å²) in [5.41, 5.74) is 0. The van der Waals surface area contributed by atoms with Crippen LogP contribution in [0.1, 0.15) is 32.6 Å². The van der Waals surface area contributed by atoms with Gasteiger partial charge < -0.3 is 9.05 Å². The second kappa shape index (κ2) is 7.16. The molecular formula is C9H19O4P. The second-order valence-electron chi connectivity index (χ2n) is 3.22. The van der Waals surface area contributed by atoms with Gasteiger partial charge in [-0.3, -0.25) is 9.36 Å². The zero-order valence-electron chi connectivity index (χ0n) is 9.12. The van der Waals surface area contributed by atoms with E-state index in [1.165, 1.54) is 13.8 Å². The van der Waals surface area contributed by atoms with Gasteiger partial charge in [0.2, 0.25) is 0 Å². The predicted octanol–water partition coefficient (Wildman–Crippen LogP) is 2.62. The second-order valence-corrected chi connectivity index (χ2v) is 5.39. The van der Waals surface area contributed by atoms with Crippen molar-refractivity contribution in [3.8, 4) is 0 Å². The maximum absolute atomic E-state index is 11.2. The Hall–Kier alpha value is -0.180. The van der Waals surface area contributed by atoms with E-state index in [0.717, 1.165) is 19.3 Å². The van der Waals surface area contributed by atoms with Crippen molar-refractivity contribution < 1.29 is 18.4 Å². The molecule has 0 rings (SSSR count). The predicted molar refractivity (Wildman–Crippen MR) is 55.6 cm³/mol. The fraction of sp³-hybridized carbons (Fsp3) is 0.889. The van der Waals surface area contributed by atoms with Gasteiger partial charge in [0.25, 0.3) is 0 Å². The van der Waals surface area contributed by atoms with E-state index < -0.39 is 7.60 Å². The summed E-state index contributed by atoms with van der Waals surface area (Å²) < 4.78 is 20.7. The molecule has 0 radical (unpaired) electrons. The number of carbonyl (C=O) groups excluding carboxylic acids is 1. The molecule has 1 atom stereocenters. The summed E-state index contributed by atoms with van der Waals surface area (Å²) in [6.45, 7) is 3.32. The molecule has 0 aromatic rings. The van der Waals surface area contributed by atoms with Crippen molar-refractivity contribution in [3.63, 3.8) is 0 Å². The number of Topliss-reactive ketones (excluding diaryl/α,β-unsaturated/α-hetero) is 1. The highest BCUT2D eigenvalue weighted by atomic mass is 31.2. The van der Waals surface area contributed by atoms with E-state index in [-0.39, 0.29) is 12.4 Å². The van der Waals surface area contributed by atoms with Crippen LogP contribution in [0.3, 0.4) is 0 Å². The van der Waals surface area contributed by atoms with Crippen LogP contribution in [0.4, 0.5) is 0 Å². The van der Waals surface area contributed by atoms with Crippen LogP contribution in [-0.2, 0) is 18.4 Å². The molecule has 0 amide bonds. The van der Waals surface area contributed by atoms with Gasteiger partial charge in [-0.05, 0) is 6.42 Å². The summed E-state index contributed by atoms with van der Waals surface area (Å²) in [7, 11) is -1.68. The Bertz CT molecular complexity index is 215. The van der Waals surface area contributed by atoms with Gasteiger partial charge in [0.1, 0.15) is 6.61 Å². The molecule has 84 valence electrons. The van der Waals surface area contributed by atoms with Crippen molar-refractivity contribution in [2.75, 3.05) is 20.4 Å². The monoisotopic (exact) mass is 222 g/mol. The number of rotatable bonds is 8. The lowest BCUT2D eigenvalue weighted by molar-refractivity contribution is -0.121. The first-order valence-electron chi connectivity index (χ1n) is 4.81.